The predicted molar refractivity (Wildman–Crippen MR) is 78.5 cm³/mol. The SMILES string of the molecule is CC1CCN(C(=O)Cc2ccc3c(c2)CCC3)CC1O. The molecule has 0 bridgehead atoms. The zero-order chi connectivity index (χ0) is 14.1. The molecule has 2 unspecified atom stereocenters. The van der Waals surface area contributed by atoms with E-state index < -0.39 is 0 Å². The summed E-state index contributed by atoms with van der Waals surface area (Å²) < 4.78 is 0. The van der Waals surface area contributed by atoms with Crippen molar-refractivity contribution in [3.8, 4) is 0 Å². The molecule has 3 rings (SSSR count). The molecule has 1 aliphatic heterocycles. The van der Waals surface area contributed by atoms with Crippen LogP contribution in [0.3, 0.4) is 0 Å². The van der Waals surface area contributed by atoms with Crippen molar-refractivity contribution in [2.45, 2.75) is 45.1 Å². The number of β-amino-alcohol motifs (C(OH)–C–C–N with tert-alkyl or cyclic N) is 1. The number of benzene rings is 1. The first-order valence-electron chi connectivity index (χ1n) is 7.70. The fraction of sp³-hybridized carbons (Fsp3) is 0.588. The Bertz CT molecular complexity index is 512. The van der Waals surface area contributed by atoms with E-state index in [4.69, 9.17) is 0 Å². The lowest BCUT2D eigenvalue weighted by Crippen LogP contribution is -2.46. The Morgan fingerprint density at radius 3 is 2.95 bits per heavy atom. The van der Waals surface area contributed by atoms with Gasteiger partial charge in [0.2, 0.25) is 5.91 Å². The van der Waals surface area contributed by atoms with E-state index in [0.717, 1.165) is 24.9 Å². The Morgan fingerprint density at radius 1 is 1.35 bits per heavy atom. The van der Waals surface area contributed by atoms with Gasteiger partial charge in [0.1, 0.15) is 0 Å². The zero-order valence-electron chi connectivity index (χ0n) is 12.1. The molecule has 1 fully saturated rings. The van der Waals surface area contributed by atoms with Crippen molar-refractivity contribution in [1.29, 1.82) is 0 Å². The van der Waals surface area contributed by atoms with Crippen molar-refractivity contribution in [3.63, 3.8) is 0 Å². The fourth-order valence-electron chi connectivity index (χ4n) is 3.30. The number of aliphatic hydroxyl groups is 1. The maximum absolute atomic E-state index is 12.3. The quantitative estimate of drug-likeness (QED) is 0.894. The van der Waals surface area contributed by atoms with Crippen LogP contribution in [0, 0.1) is 5.92 Å². The standard InChI is InChI=1S/C17H23NO2/c1-12-7-8-18(11-16(12)19)17(20)10-13-5-6-14-3-2-4-15(14)9-13/h5-6,9,12,16,19H,2-4,7-8,10-11H2,1H3. The second kappa shape index (κ2) is 5.57. The van der Waals surface area contributed by atoms with Gasteiger partial charge in [-0.05, 0) is 48.3 Å². The van der Waals surface area contributed by atoms with Crippen molar-refractivity contribution in [1.82, 2.24) is 4.90 Å². The van der Waals surface area contributed by atoms with Gasteiger partial charge in [0, 0.05) is 13.1 Å². The molecule has 0 radical (unpaired) electrons. The third kappa shape index (κ3) is 2.73. The van der Waals surface area contributed by atoms with Crippen molar-refractivity contribution in [3.05, 3.63) is 34.9 Å². The molecular formula is C17H23NO2. The molecule has 2 aliphatic rings. The van der Waals surface area contributed by atoms with Gasteiger partial charge in [0.15, 0.2) is 0 Å². The highest BCUT2D eigenvalue weighted by Crippen LogP contribution is 2.24. The Kier molecular flexibility index (Phi) is 3.79. The summed E-state index contributed by atoms with van der Waals surface area (Å²) in [6.45, 7) is 3.32. The first kappa shape index (κ1) is 13.6. The van der Waals surface area contributed by atoms with Gasteiger partial charge in [0.25, 0.3) is 0 Å². The van der Waals surface area contributed by atoms with Gasteiger partial charge in [-0.2, -0.15) is 0 Å². The van der Waals surface area contributed by atoms with Crippen LogP contribution in [0.1, 0.15) is 36.5 Å². The topological polar surface area (TPSA) is 40.5 Å². The van der Waals surface area contributed by atoms with E-state index in [0.29, 0.717) is 18.9 Å². The Labute approximate surface area is 120 Å². The number of carbonyl (C=O) groups excluding carboxylic acids is 1. The highest BCUT2D eigenvalue weighted by Gasteiger charge is 2.27. The van der Waals surface area contributed by atoms with Gasteiger partial charge in [-0.15, -0.1) is 0 Å². The number of rotatable bonds is 2. The van der Waals surface area contributed by atoms with Crippen LogP contribution in [0.15, 0.2) is 18.2 Å². The number of piperidine rings is 1. The molecule has 0 saturated carbocycles. The highest BCUT2D eigenvalue weighted by molar-refractivity contribution is 5.79. The minimum absolute atomic E-state index is 0.147. The number of nitrogens with zero attached hydrogens (tertiary/aromatic N) is 1. The Morgan fingerprint density at radius 2 is 2.15 bits per heavy atom. The normalized spacial score (nSPS) is 25.6. The molecule has 1 N–H and O–H groups in total. The molecule has 1 aromatic rings. The second-order valence-electron chi connectivity index (χ2n) is 6.31. The molecule has 1 heterocycles. The molecule has 3 heteroatoms. The van der Waals surface area contributed by atoms with E-state index >= 15 is 0 Å². The van der Waals surface area contributed by atoms with Crippen LogP contribution in [-0.4, -0.2) is 35.1 Å². The lowest BCUT2D eigenvalue weighted by Gasteiger charge is -2.34. The zero-order valence-corrected chi connectivity index (χ0v) is 12.1. The van der Waals surface area contributed by atoms with E-state index in [1.54, 1.807) is 0 Å². The van der Waals surface area contributed by atoms with Crippen LogP contribution in [0.25, 0.3) is 0 Å². The Balaban J connectivity index is 1.64. The maximum atomic E-state index is 12.3. The highest BCUT2D eigenvalue weighted by atomic mass is 16.3. The third-order valence-corrected chi connectivity index (χ3v) is 4.79. The average molecular weight is 273 g/mol. The minimum Gasteiger partial charge on any atom is -0.391 e. The molecular weight excluding hydrogens is 250 g/mol. The molecule has 20 heavy (non-hydrogen) atoms. The average Bonchev–Trinajstić information content (AvgIpc) is 2.89. The first-order valence-corrected chi connectivity index (χ1v) is 7.70. The summed E-state index contributed by atoms with van der Waals surface area (Å²) in [5.74, 6) is 0.452. The van der Waals surface area contributed by atoms with Gasteiger partial charge in [-0.3, -0.25) is 4.79 Å². The molecule has 1 amide bonds. The molecule has 1 saturated heterocycles. The van der Waals surface area contributed by atoms with E-state index in [1.807, 2.05) is 11.8 Å². The van der Waals surface area contributed by atoms with Crippen LogP contribution < -0.4 is 0 Å². The molecule has 1 aliphatic carbocycles. The molecule has 0 aromatic heterocycles. The molecule has 108 valence electrons. The second-order valence-corrected chi connectivity index (χ2v) is 6.31. The van der Waals surface area contributed by atoms with Crippen molar-refractivity contribution >= 4 is 5.91 Å². The smallest absolute Gasteiger partial charge is 0.227 e. The lowest BCUT2D eigenvalue weighted by molar-refractivity contribution is -0.134. The number of aryl methyl sites for hydroxylation is 2. The summed E-state index contributed by atoms with van der Waals surface area (Å²) in [6, 6.07) is 6.46. The van der Waals surface area contributed by atoms with Crippen molar-refractivity contribution < 1.29 is 9.90 Å². The summed E-state index contributed by atoms with van der Waals surface area (Å²) in [5, 5.41) is 9.90. The van der Waals surface area contributed by atoms with Gasteiger partial charge in [-0.25, -0.2) is 0 Å². The number of hydrogen-bond acceptors (Lipinski definition) is 2. The van der Waals surface area contributed by atoms with Gasteiger partial charge < -0.3 is 10.0 Å². The van der Waals surface area contributed by atoms with Crippen LogP contribution in [0.4, 0.5) is 0 Å². The maximum Gasteiger partial charge on any atom is 0.227 e. The van der Waals surface area contributed by atoms with E-state index in [2.05, 4.69) is 18.2 Å². The van der Waals surface area contributed by atoms with E-state index in [1.165, 1.54) is 24.0 Å². The molecule has 3 nitrogen and oxygen atoms in total. The number of hydrogen-bond donors (Lipinski definition) is 1. The van der Waals surface area contributed by atoms with Crippen molar-refractivity contribution in [2.75, 3.05) is 13.1 Å². The van der Waals surface area contributed by atoms with E-state index in [-0.39, 0.29) is 12.0 Å². The van der Waals surface area contributed by atoms with Crippen LogP contribution >= 0.6 is 0 Å². The number of carbonyl (C=O) groups is 1. The van der Waals surface area contributed by atoms with Crippen LogP contribution in [0.5, 0.6) is 0 Å². The summed E-state index contributed by atoms with van der Waals surface area (Å²) >= 11 is 0. The lowest BCUT2D eigenvalue weighted by atomic mass is 9.95. The first-order chi connectivity index (χ1) is 9.63. The largest absolute Gasteiger partial charge is 0.391 e. The number of aliphatic hydroxyl groups excluding tert-OH is 1. The monoisotopic (exact) mass is 273 g/mol. The van der Waals surface area contributed by atoms with Gasteiger partial charge in [0.05, 0.1) is 12.5 Å². The summed E-state index contributed by atoms with van der Waals surface area (Å²) in [7, 11) is 0. The van der Waals surface area contributed by atoms with Gasteiger partial charge in [-0.1, -0.05) is 25.1 Å². The molecule has 0 spiro atoms. The fourth-order valence-corrected chi connectivity index (χ4v) is 3.30. The van der Waals surface area contributed by atoms with Crippen molar-refractivity contribution in [2.24, 2.45) is 5.92 Å². The number of fused-ring (bicyclic) bond motifs is 1. The third-order valence-electron chi connectivity index (χ3n) is 4.79. The van der Waals surface area contributed by atoms with Crippen LogP contribution in [-0.2, 0) is 24.1 Å². The predicted octanol–water partition coefficient (Wildman–Crippen LogP) is 1.95. The molecule has 2 atom stereocenters. The minimum atomic E-state index is -0.368. The van der Waals surface area contributed by atoms with Crippen LogP contribution in [0.2, 0.25) is 0 Å². The van der Waals surface area contributed by atoms with E-state index in [9.17, 15) is 9.90 Å². The number of likely N-dealkylation sites (tertiary alicyclic amines) is 1. The molecule has 1 aromatic carbocycles. The Hall–Kier alpha value is -1.35. The summed E-state index contributed by atoms with van der Waals surface area (Å²) in [5.41, 5.74) is 3.98. The number of amides is 1. The summed E-state index contributed by atoms with van der Waals surface area (Å²) in [4.78, 5) is 14.2. The summed E-state index contributed by atoms with van der Waals surface area (Å²) in [6.07, 6.45) is 4.57. The van der Waals surface area contributed by atoms with Gasteiger partial charge >= 0.3 is 0 Å².